The van der Waals surface area contributed by atoms with Gasteiger partial charge in [-0.05, 0) is 26.2 Å². The Labute approximate surface area is 117 Å². The van der Waals surface area contributed by atoms with Gasteiger partial charge in [-0.15, -0.1) is 11.3 Å². The lowest BCUT2D eigenvalue weighted by Gasteiger charge is -2.23. The maximum absolute atomic E-state index is 11.1. The molecule has 1 fully saturated rings. The quantitative estimate of drug-likeness (QED) is 0.750. The highest BCUT2D eigenvalue weighted by Crippen LogP contribution is 2.30. The molecule has 0 amide bonds. The zero-order valence-electron chi connectivity index (χ0n) is 11.4. The molecule has 0 N–H and O–H groups in total. The number of methoxy groups -OCH3 is 1. The van der Waals surface area contributed by atoms with Crippen molar-refractivity contribution < 1.29 is 14.3 Å². The summed E-state index contributed by atoms with van der Waals surface area (Å²) < 4.78 is 10.4. The number of aryl methyl sites for hydroxylation is 1. The van der Waals surface area contributed by atoms with E-state index in [2.05, 4.69) is 14.6 Å². The van der Waals surface area contributed by atoms with E-state index in [0.29, 0.717) is 12.8 Å². The molecule has 0 unspecified atom stereocenters. The summed E-state index contributed by atoms with van der Waals surface area (Å²) in [5, 5.41) is 0.996. The lowest BCUT2D eigenvalue weighted by molar-refractivity contribution is -0.140. The molecule has 0 saturated carbocycles. The average molecular weight is 284 g/mol. The molecule has 1 saturated heterocycles. The first-order valence-corrected chi connectivity index (χ1v) is 7.46. The molecular formula is C13H20N2O3S. The number of ether oxygens (including phenoxy) is 2. The number of carbonyl (C=O) groups is 1. The van der Waals surface area contributed by atoms with Crippen molar-refractivity contribution in [1.29, 1.82) is 0 Å². The van der Waals surface area contributed by atoms with Gasteiger partial charge < -0.3 is 14.4 Å². The maximum atomic E-state index is 11.1. The molecule has 0 aliphatic carbocycles. The van der Waals surface area contributed by atoms with Crippen LogP contribution < -0.4 is 4.90 Å². The molecule has 106 valence electrons. The van der Waals surface area contributed by atoms with Crippen LogP contribution in [0.2, 0.25) is 0 Å². The summed E-state index contributed by atoms with van der Waals surface area (Å²) in [7, 11) is 1.41. The summed E-state index contributed by atoms with van der Waals surface area (Å²) in [5.41, 5.74) is 0. The highest BCUT2D eigenvalue weighted by Gasteiger charge is 2.27. The van der Waals surface area contributed by atoms with Gasteiger partial charge >= 0.3 is 5.97 Å². The van der Waals surface area contributed by atoms with E-state index in [4.69, 9.17) is 4.74 Å². The van der Waals surface area contributed by atoms with Gasteiger partial charge in [0.15, 0.2) is 5.13 Å². The van der Waals surface area contributed by atoms with Crippen molar-refractivity contribution in [3.8, 4) is 0 Å². The van der Waals surface area contributed by atoms with E-state index >= 15 is 0 Å². The molecule has 0 spiro atoms. The zero-order chi connectivity index (χ0) is 13.7. The summed E-state index contributed by atoms with van der Waals surface area (Å²) in [6.45, 7) is 3.73. The Kier molecular flexibility index (Phi) is 5.15. The van der Waals surface area contributed by atoms with Gasteiger partial charge in [0, 0.05) is 24.2 Å². The molecular weight excluding hydrogens is 264 g/mol. The second kappa shape index (κ2) is 6.86. The van der Waals surface area contributed by atoms with E-state index in [9.17, 15) is 4.79 Å². The van der Waals surface area contributed by atoms with E-state index in [1.165, 1.54) is 7.11 Å². The van der Waals surface area contributed by atoms with Gasteiger partial charge in [-0.3, -0.25) is 4.79 Å². The van der Waals surface area contributed by atoms with Crippen LogP contribution in [0.15, 0.2) is 6.20 Å². The molecule has 19 heavy (non-hydrogen) atoms. The Morgan fingerprint density at radius 1 is 1.63 bits per heavy atom. The topological polar surface area (TPSA) is 51.7 Å². The minimum atomic E-state index is -0.177. The van der Waals surface area contributed by atoms with Crippen LogP contribution in [-0.4, -0.2) is 37.4 Å². The fraction of sp³-hybridized carbons (Fsp3) is 0.692. The predicted molar refractivity (Wildman–Crippen MR) is 74.4 cm³/mol. The normalized spacial score (nSPS) is 18.8. The predicted octanol–water partition coefficient (Wildman–Crippen LogP) is 2.21. The van der Waals surface area contributed by atoms with Crippen LogP contribution in [0.4, 0.5) is 5.13 Å². The van der Waals surface area contributed by atoms with Crippen molar-refractivity contribution in [2.75, 3.05) is 25.2 Å². The van der Waals surface area contributed by atoms with Crippen molar-refractivity contribution in [1.82, 2.24) is 4.98 Å². The zero-order valence-corrected chi connectivity index (χ0v) is 12.2. The number of aromatic nitrogens is 1. The lowest BCUT2D eigenvalue weighted by Crippen LogP contribution is -2.31. The number of esters is 1. The lowest BCUT2D eigenvalue weighted by atomic mass is 10.3. The number of rotatable bonds is 6. The number of carbonyl (C=O) groups excluding carboxylic acids is 1. The largest absolute Gasteiger partial charge is 0.469 e. The van der Waals surface area contributed by atoms with Crippen LogP contribution in [0, 0.1) is 0 Å². The van der Waals surface area contributed by atoms with E-state index < -0.39 is 0 Å². The third kappa shape index (κ3) is 3.67. The van der Waals surface area contributed by atoms with E-state index in [1.54, 1.807) is 11.3 Å². The molecule has 2 heterocycles. The fourth-order valence-electron chi connectivity index (χ4n) is 2.19. The van der Waals surface area contributed by atoms with E-state index in [0.717, 1.165) is 36.0 Å². The number of hydrogen-bond donors (Lipinski definition) is 0. The average Bonchev–Trinajstić information content (AvgIpc) is 3.04. The molecule has 2 rings (SSSR count). The summed E-state index contributed by atoms with van der Waals surface area (Å²) in [6, 6.07) is 0. The van der Waals surface area contributed by atoms with Gasteiger partial charge in [-0.25, -0.2) is 4.98 Å². The highest BCUT2D eigenvalue weighted by molar-refractivity contribution is 7.15. The standard InChI is InChI=1S/C13H20N2O3S/c1-3-18-11-5-4-8-15(11)13-14-9-10(19-13)6-7-12(16)17-2/h9,11H,3-8H2,1-2H3/t11-/m0/s1. The number of hydrogen-bond acceptors (Lipinski definition) is 6. The van der Waals surface area contributed by atoms with Gasteiger partial charge in [-0.1, -0.05) is 0 Å². The smallest absolute Gasteiger partial charge is 0.305 e. The van der Waals surface area contributed by atoms with Crippen molar-refractivity contribution in [2.24, 2.45) is 0 Å². The third-order valence-corrected chi connectivity index (χ3v) is 4.24. The second-order valence-electron chi connectivity index (χ2n) is 4.43. The van der Waals surface area contributed by atoms with Crippen molar-refractivity contribution in [3.05, 3.63) is 11.1 Å². The Bertz CT molecular complexity index is 422. The third-order valence-electron chi connectivity index (χ3n) is 3.15. The summed E-state index contributed by atoms with van der Waals surface area (Å²) in [6.07, 6.45) is 5.31. The summed E-state index contributed by atoms with van der Waals surface area (Å²) >= 11 is 1.64. The van der Waals surface area contributed by atoms with Crippen molar-refractivity contribution >= 4 is 22.4 Å². The van der Waals surface area contributed by atoms with E-state index in [-0.39, 0.29) is 12.2 Å². The Balaban J connectivity index is 1.94. The molecule has 1 aromatic rings. The minimum absolute atomic E-state index is 0.157. The SMILES string of the molecule is CCO[C@H]1CCCN1c1ncc(CCC(=O)OC)s1. The number of nitrogens with zero attached hydrogens (tertiary/aromatic N) is 2. The minimum Gasteiger partial charge on any atom is -0.469 e. The first-order chi connectivity index (χ1) is 9.24. The van der Waals surface area contributed by atoms with Crippen LogP contribution in [-0.2, 0) is 20.7 Å². The summed E-state index contributed by atoms with van der Waals surface area (Å²) in [5.74, 6) is -0.177. The van der Waals surface area contributed by atoms with Crippen LogP contribution in [0.5, 0.6) is 0 Å². The molecule has 1 aliphatic rings. The molecule has 0 bridgehead atoms. The van der Waals surface area contributed by atoms with Crippen LogP contribution in [0.1, 0.15) is 31.1 Å². The van der Waals surface area contributed by atoms with Gasteiger partial charge in [0.05, 0.1) is 13.5 Å². The monoisotopic (exact) mass is 284 g/mol. The van der Waals surface area contributed by atoms with E-state index in [1.807, 2.05) is 13.1 Å². The highest BCUT2D eigenvalue weighted by atomic mass is 32.1. The summed E-state index contributed by atoms with van der Waals surface area (Å²) in [4.78, 5) is 18.9. The molecule has 5 nitrogen and oxygen atoms in total. The number of anilines is 1. The van der Waals surface area contributed by atoms with Gasteiger partial charge in [0.2, 0.25) is 0 Å². The second-order valence-corrected chi connectivity index (χ2v) is 5.52. The Hall–Kier alpha value is -1.14. The molecule has 0 radical (unpaired) electrons. The van der Waals surface area contributed by atoms with Gasteiger partial charge in [0.1, 0.15) is 6.23 Å². The Morgan fingerprint density at radius 2 is 2.47 bits per heavy atom. The fourth-order valence-corrected chi connectivity index (χ4v) is 3.17. The van der Waals surface area contributed by atoms with Crippen LogP contribution in [0.25, 0.3) is 0 Å². The van der Waals surface area contributed by atoms with Gasteiger partial charge in [0.25, 0.3) is 0 Å². The molecule has 6 heteroatoms. The Morgan fingerprint density at radius 3 is 3.21 bits per heavy atom. The van der Waals surface area contributed by atoms with Crippen molar-refractivity contribution in [2.45, 2.75) is 38.8 Å². The molecule has 1 aliphatic heterocycles. The first kappa shape index (κ1) is 14.3. The van der Waals surface area contributed by atoms with Gasteiger partial charge in [-0.2, -0.15) is 0 Å². The van der Waals surface area contributed by atoms with Crippen LogP contribution >= 0.6 is 11.3 Å². The maximum Gasteiger partial charge on any atom is 0.305 e. The van der Waals surface area contributed by atoms with Crippen LogP contribution in [0.3, 0.4) is 0 Å². The molecule has 1 atom stereocenters. The van der Waals surface area contributed by atoms with Crippen molar-refractivity contribution in [3.63, 3.8) is 0 Å². The number of thiazole rings is 1. The first-order valence-electron chi connectivity index (χ1n) is 6.64. The molecule has 1 aromatic heterocycles. The molecule has 0 aromatic carbocycles.